The van der Waals surface area contributed by atoms with Crippen LogP contribution in [0, 0.1) is 19.8 Å². The zero-order valence-electron chi connectivity index (χ0n) is 23.8. The first-order chi connectivity index (χ1) is 18.2. The van der Waals surface area contributed by atoms with Gasteiger partial charge in [-0.15, -0.1) is 0 Å². The van der Waals surface area contributed by atoms with Crippen molar-refractivity contribution in [1.82, 2.24) is 10.2 Å². The molecule has 1 aliphatic rings. The molecule has 39 heavy (non-hydrogen) atoms. The van der Waals surface area contributed by atoms with E-state index in [1.807, 2.05) is 26.8 Å². The van der Waals surface area contributed by atoms with Crippen LogP contribution in [0.1, 0.15) is 76.6 Å². The van der Waals surface area contributed by atoms with Crippen molar-refractivity contribution < 1.29 is 24.2 Å². The number of para-hydroxylation sites is 1. The van der Waals surface area contributed by atoms with Gasteiger partial charge in [-0.2, -0.15) is 0 Å². The van der Waals surface area contributed by atoms with Gasteiger partial charge in [-0.25, -0.2) is 4.79 Å². The normalized spacial score (nSPS) is 15.2. The molecule has 3 N–H and O–H groups in total. The van der Waals surface area contributed by atoms with E-state index in [0.717, 1.165) is 24.8 Å². The topological polar surface area (TPSA) is 108 Å². The quantitative estimate of drug-likeness (QED) is 0.354. The van der Waals surface area contributed by atoms with E-state index in [4.69, 9.17) is 16.3 Å². The molecule has 3 rings (SSSR count). The van der Waals surface area contributed by atoms with Crippen LogP contribution in [0.4, 0.5) is 10.5 Å². The summed E-state index contributed by atoms with van der Waals surface area (Å²) >= 11 is 6.43. The number of carbonyl (C=O) groups excluding carboxylic acids is 3. The lowest BCUT2D eigenvalue weighted by Crippen LogP contribution is -2.58. The van der Waals surface area contributed by atoms with Gasteiger partial charge >= 0.3 is 6.09 Å². The van der Waals surface area contributed by atoms with E-state index < -0.39 is 29.7 Å². The molecule has 2 aromatic carbocycles. The Morgan fingerprint density at radius 2 is 1.74 bits per heavy atom. The second kappa shape index (κ2) is 12.3. The standard InChI is InChI=1S/C30H40ClN3O5/c1-17(2)24(33-29(38)39-30(5,6)7)28(37)34(21-11-9-12-21)26(20-14-15-23(35)19(4)16-20)27(36)32-25-18(3)10-8-13-22(25)31/h8,10,13-17,21,24,26,35H,9,11-12H2,1-7H3,(H,32,36)(H,33,38). The summed E-state index contributed by atoms with van der Waals surface area (Å²) in [5, 5.41) is 16.3. The van der Waals surface area contributed by atoms with Gasteiger partial charge < -0.3 is 25.4 Å². The van der Waals surface area contributed by atoms with E-state index in [1.54, 1.807) is 56.9 Å². The number of alkyl carbamates (subject to hydrolysis) is 1. The van der Waals surface area contributed by atoms with E-state index in [9.17, 15) is 19.5 Å². The number of phenolic OH excluding ortho intramolecular Hbond substituents is 1. The van der Waals surface area contributed by atoms with E-state index in [2.05, 4.69) is 10.6 Å². The maximum Gasteiger partial charge on any atom is 0.408 e. The third-order valence-electron chi connectivity index (χ3n) is 6.86. The van der Waals surface area contributed by atoms with Crippen molar-refractivity contribution in [3.05, 3.63) is 58.1 Å². The average molecular weight is 558 g/mol. The lowest BCUT2D eigenvalue weighted by atomic mass is 9.87. The van der Waals surface area contributed by atoms with Crippen molar-refractivity contribution in [3.63, 3.8) is 0 Å². The van der Waals surface area contributed by atoms with Gasteiger partial charge in [0.15, 0.2) is 0 Å². The molecule has 0 aliphatic heterocycles. The van der Waals surface area contributed by atoms with Gasteiger partial charge in [-0.3, -0.25) is 9.59 Å². The molecule has 0 spiro atoms. The van der Waals surface area contributed by atoms with E-state index in [1.165, 1.54) is 6.07 Å². The lowest BCUT2D eigenvalue weighted by Gasteiger charge is -2.44. The molecule has 2 atom stereocenters. The molecule has 1 aliphatic carbocycles. The number of amides is 3. The second-order valence-electron chi connectivity index (χ2n) is 11.6. The minimum atomic E-state index is -1.03. The average Bonchev–Trinajstić information content (AvgIpc) is 2.79. The Labute approximate surface area is 236 Å². The molecular formula is C30H40ClN3O5. The number of halogens is 1. The highest BCUT2D eigenvalue weighted by atomic mass is 35.5. The van der Waals surface area contributed by atoms with Crippen molar-refractivity contribution in [2.24, 2.45) is 5.92 Å². The molecule has 1 fully saturated rings. The fraction of sp³-hybridized carbons (Fsp3) is 0.500. The van der Waals surface area contributed by atoms with Gasteiger partial charge in [-0.1, -0.05) is 43.6 Å². The number of nitrogens with zero attached hydrogens (tertiary/aromatic N) is 1. The van der Waals surface area contributed by atoms with Crippen LogP contribution in [-0.2, 0) is 14.3 Å². The summed E-state index contributed by atoms with van der Waals surface area (Å²) < 4.78 is 5.43. The maximum absolute atomic E-state index is 14.3. The first-order valence-electron chi connectivity index (χ1n) is 13.4. The van der Waals surface area contributed by atoms with Crippen molar-refractivity contribution in [2.75, 3.05) is 5.32 Å². The largest absolute Gasteiger partial charge is 0.508 e. The number of rotatable bonds is 8. The summed E-state index contributed by atoms with van der Waals surface area (Å²) in [5.41, 5.74) is 1.64. The summed E-state index contributed by atoms with van der Waals surface area (Å²) in [6.45, 7) is 12.5. The molecule has 0 aromatic heterocycles. The molecule has 2 aromatic rings. The number of nitrogens with one attached hydrogen (secondary N) is 2. The van der Waals surface area contributed by atoms with Crippen LogP contribution >= 0.6 is 11.6 Å². The van der Waals surface area contributed by atoms with Crippen LogP contribution in [0.25, 0.3) is 0 Å². The maximum atomic E-state index is 14.3. The molecule has 8 nitrogen and oxygen atoms in total. The van der Waals surface area contributed by atoms with Gasteiger partial charge in [0.1, 0.15) is 23.4 Å². The number of hydrogen-bond donors (Lipinski definition) is 3. The zero-order valence-corrected chi connectivity index (χ0v) is 24.6. The predicted octanol–water partition coefficient (Wildman–Crippen LogP) is 6.27. The summed E-state index contributed by atoms with van der Waals surface area (Å²) in [7, 11) is 0. The molecule has 0 saturated heterocycles. The van der Waals surface area contributed by atoms with Crippen molar-refractivity contribution in [3.8, 4) is 5.75 Å². The highest BCUT2D eigenvalue weighted by Crippen LogP contribution is 2.37. The molecular weight excluding hydrogens is 518 g/mol. The van der Waals surface area contributed by atoms with Crippen LogP contribution in [0.2, 0.25) is 5.02 Å². The Kier molecular flexibility index (Phi) is 9.54. The van der Waals surface area contributed by atoms with Crippen LogP contribution < -0.4 is 10.6 Å². The molecule has 3 amide bonds. The van der Waals surface area contributed by atoms with Crippen LogP contribution in [0.3, 0.4) is 0 Å². The van der Waals surface area contributed by atoms with Crippen molar-refractivity contribution in [2.45, 2.75) is 91.5 Å². The number of anilines is 1. The Bertz CT molecular complexity index is 1200. The predicted molar refractivity (Wildman–Crippen MR) is 153 cm³/mol. The summed E-state index contributed by atoms with van der Waals surface area (Å²) in [6, 6.07) is 8.07. The number of aromatic hydroxyl groups is 1. The molecule has 2 unspecified atom stereocenters. The van der Waals surface area contributed by atoms with Gasteiger partial charge in [0.25, 0.3) is 5.91 Å². The number of benzene rings is 2. The van der Waals surface area contributed by atoms with E-state index in [0.29, 0.717) is 21.8 Å². The minimum Gasteiger partial charge on any atom is -0.508 e. The Morgan fingerprint density at radius 1 is 1.08 bits per heavy atom. The SMILES string of the molecule is Cc1cc(C(C(=O)Nc2c(C)cccc2Cl)N(C(=O)C(NC(=O)OC(C)(C)C)C(C)C)C2CCC2)ccc1O. The van der Waals surface area contributed by atoms with Crippen LogP contribution in [0.5, 0.6) is 5.75 Å². The molecule has 0 heterocycles. The van der Waals surface area contributed by atoms with Crippen LogP contribution in [0.15, 0.2) is 36.4 Å². The minimum absolute atomic E-state index is 0.0908. The molecule has 9 heteroatoms. The fourth-order valence-corrected chi connectivity index (χ4v) is 4.83. The molecule has 0 bridgehead atoms. The third kappa shape index (κ3) is 7.44. The van der Waals surface area contributed by atoms with Gasteiger partial charge in [0.05, 0.1) is 10.7 Å². The highest BCUT2D eigenvalue weighted by Gasteiger charge is 2.43. The van der Waals surface area contributed by atoms with Gasteiger partial charge in [0, 0.05) is 6.04 Å². The summed E-state index contributed by atoms with van der Waals surface area (Å²) in [4.78, 5) is 42.6. The van der Waals surface area contributed by atoms with E-state index in [-0.39, 0.29) is 23.6 Å². The van der Waals surface area contributed by atoms with Gasteiger partial charge in [0.2, 0.25) is 5.91 Å². The Morgan fingerprint density at radius 3 is 2.26 bits per heavy atom. The number of aryl methyl sites for hydroxylation is 2. The Hall–Kier alpha value is -3.26. The molecule has 0 radical (unpaired) electrons. The smallest absolute Gasteiger partial charge is 0.408 e. The fourth-order valence-electron chi connectivity index (χ4n) is 4.56. The van der Waals surface area contributed by atoms with Crippen molar-refractivity contribution >= 4 is 35.2 Å². The third-order valence-corrected chi connectivity index (χ3v) is 7.18. The first-order valence-corrected chi connectivity index (χ1v) is 13.7. The zero-order chi connectivity index (χ0) is 29.1. The summed E-state index contributed by atoms with van der Waals surface area (Å²) in [5.74, 6) is -0.990. The number of carbonyl (C=O) groups is 3. The van der Waals surface area contributed by atoms with Crippen LogP contribution in [-0.4, -0.2) is 45.6 Å². The van der Waals surface area contributed by atoms with Crippen molar-refractivity contribution in [1.29, 1.82) is 0 Å². The number of hydrogen-bond acceptors (Lipinski definition) is 5. The van der Waals surface area contributed by atoms with E-state index >= 15 is 0 Å². The van der Waals surface area contributed by atoms with Gasteiger partial charge in [-0.05, 0) is 94.7 Å². The summed E-state index contributed by atoms with van der Waals surface area (Å²) in [6.07, 6.45) is 1.69. The molecule has 1 saturated carbocycles. The number of ether oxygens (including phenoxy) is 1. The monoisotopic (exact) mass is 557 g/mol. The first kappa shape index (κ1) is 30.3. The number of phenols is 1. The highest BCUT2D eigenvalue weighted by molar-refractivity contribution is 6.34. The second-order valence-corrected chi connectivity index (χ2v) is 12.0. The Balaban J connectivity index is 2.07. The molecule has 212 valence electrons. The lowest BCUT2D eigenvalue weighted by molar-refractivity contribution is -0.146.